The highest BCUT2D eigenvalue weighted by molar-refractivity contribution is 5.63. The summed E-state index contributed by atoms with van der Waals surface area (Å²) in [6.07, 6.45) is 0.536. The molecule has 0 saturated heterocycles. The van der Waals surface area contributed by atoms with E-state index in [-0.39, 0.29) is 41.3 Å². The van der Waals surface area contributed by atoms with Gasteiger partial charge >= 0.3 is 0 Å². The fourth-order valence-electron chi connectivity index (χ4n) is 3.10. The number of ether oxygens (including phenoxy) is 4. The highest BCUT2D eigenvalue weighted by Gasteiger charge is 2.29. The fraction of sp³-hybridized carbons (Fsp3) is 0.333. The van der Waals surface area contributed by atoms with Gasteiger partial charge < -0.3 is 34.3 Å². The zero-order valence-corrected chi connectivity index (χ0v) is 14.2. The number of phenols is 3. The second-order valence-corrected chi connectivity index (χ2v) is 5.74. The van der Waals surface area contributed by atoms with Gasteiger partial charge in [-0.2, -0.15) is 0 Å². The van der Waals surface area contributed by atoms with E-state index >= 15 is 0 Å². The molecule has 0 saturated carbocycles. The predicted molar refractivity (Wildman–Crippen MR) is 89.5 cm³/mol. The molecule has 0 aromatic heterocycles. The van der Waals surface area contributed by atoms with E-state index in [1.165, 1.54) is 33.5 Å². The van der Waals surface area contributed by atoms with E-state index in [0.717, 1.165) is 5.56 Å². The minimum atomic E-state index is -0.215. The van der Waals surface area contributed by atoms with Gasteiger partial charge in [-0.3, -0.25) is 0 Å². The third-order valence-corrected chi connectivity index (χ3v) is 4.34. The number of methoxy groups -OCH3 is 3. The lowest BCUT2D eigenvalue weighted by Gasteiger charge is -2.27. The van der Waals surface area contributed by atoms with Crippen LogP contribution < -0.4 is 18.9 Å². The maximum absolute atomic E-state index is 10.5. The van der Waals surface area contributed by atoms with E-state index < -0.39 is 0 Å². The van der Waals surface area contributed by atoms with Gasteiger partial charge in [-0.05, 0) is 24.1 Å². The Morgan fingerprint density at radius 2 is 1.64 bits per heavy atom. The molecule has 0 spiro atoms. The van der Waals surface area contributed by atoms with Crippen molar-refractivity contribution >= 4 is 0 Å². The quantitative estimate of drug-likeness (QED) is 0.731. The third kappa shape index (κ3) is 2.82. The molecule has 0 fully saturated rings. The topological polar surface area (TPSA) is 97.6 Å². The van der Waals surface area contributed by atoms with Crippen LogP contribution in [0.5, 0.6) is 40.2 Å². The SMILES string of the molecule is COc1cc2c(cc1O)OCC(c1cc(O)c(OC)c(OC)c1O)C2. The minimum absolute atomic E-state index is 0.00584. The van der Waals surface area contributed by atoms with Gasteiger partial charge in [0.15, 0.2) is 23.0 Å². The number of benzene rings is 2. The Bertz CT molecular complexity index is 801. The molecule has 7 heteroatoms. The van der Waals surface area contributed by atoms with Crippen molar-refractivity contribution in [3.63, 3.8) is 0 Å². The van der Waals surface area contributed by atoms with Gasteiger partial charge in [0.1, 0.15) is 5.75 Å². The van der Waals surface area contributed by atoms with Gasteiger partial charge in [0.05, 0.1) is 27.9 Å². The number of hydrogen-bond donors (Lipinski definition) is 3. The van der Waals surface area contributed by atoms with Crippen LogP contribution in [0.1, 0.15) is 17.0 Å². The largest absolute Gasteiger partial charge is 0.504 e. The lowest BCUT2D eigenvalue weighted by Crippen LogP contribution is -2.19. The molecule has 1 atom stereocenters. The second kappa shape index (κ2) is 6.51. The van der Waals surface area contributed by atoms with Crippen molar-refractivity contribution in [3.8, 4) is 40.2 Å². The van der Waals surface area contributed by atoms with Gasteiger partial charge in [-0.1, -0.05) is 0 Å². The highest BCUT2D eigenvalue weighted by atomic mass is 16.5. The van der Waals surface area contributed by atoms with Crippen molar-refractivity contribution in [2.45, 2.75) is 12.3 Å². The molecule has 1 unspecified atom stereocenters. The lowest BCUT2D eigenvalue weighted by molar-refractivity contribution is 0.253. The molecule has 1 aliphatic rings. The van der Waals surface area contributed by atoms with Crippen LogP contribution in [-0.4, -0.2) is 43.3 Å². The average Bonchev–Trinajstić information content (AvgIpc) is 2.61. The molecule has 0 bridgehead atoms. The van der Waals surface area contributed by atoms with Crippen LogP contribution in [0.4, 0.5) is 0 Å². The maximum Gasteiger partial charge on any atom is 0.207 e. The number of aromatic hydroxyl groups is 3. The highest BCUT2D eigenvalue weighted by Crippen LogP contribution is 2.49. The van der Waals surface area contributed by atoms with E-state index in [4.69, 9.17) is 18.9 Å². The molecule has 3 rings (SSSR count). The molecule has 2 aromatic rings. The van der Waals surface area contributed by atoms with Crippen molar-refractivity contribution in [2.24, 2.45) is 0 Å². The molecule has 134 valence electrons. The van der Waals surface area contributed by atoms with Gasteiger partial charge in [0, 0.05) is 17.5 Å². The number of phenolic OH excluding ortho intramolecular Hbond substituents is 3. The fourth-order valence-corrected chi connectivity index (χ4v) is 3.10. The second-order valence-electron chi connectivity index (χ2n) is 5.74. The molecule has 2 aromatic carbocycles. The molecule has 0 aliphatic carbocycles. The van der Waals surface area contributed by atoms with Gasteiger partial charge in [0.2, 0.25) is 11.5 Å². The predicted octanol–water partition coefficient (Wildman–Crippen LogP) is 2.55. The summed E-state index contributed by atoms with van der Waals surface area (Å²) in [6.45, 7) is 0.279. The van der Waals surface area contributed by atoms with Crippen LogP contribution in [0, 0.1) is 0 Å². The smallest absolute Gasteiger partial charge is 0.207 e. The first-order valence-corrected chi connectivity index (χ1v) is 7.69. The monoisotopic (exact) mass is 348 g/mol. The van der Waals surface area contributed by atoms with E-state index in [1.54, 1.807) is 6.07 Å². The first kappa shape index (κ1) is 16.9. The molecular formula is C18H20O7. The van der Waals surface area contributed by atoms with E-state index in [2.05, 4.69) is 0 Å². The first-order valence-electron chi connectivity index (χ1n) is 7.69. The Balaban J connectivity index is 2.01. The molecule has 1 aliphatic heterocycles. The molecular weight excluding hydrogens is 328 g/mol. The molecule has 1 heterocycles. The normalized spacial score (nSPS) is 15.9. The number of hydrogen-bond acceptors (Lipinski definition) is 7. The molecule has 7 nitrogen and oxygen atoms in total. The van der Waals surface area contributed by atoms with Gasteiger partial charge in [-0.15, -0.1) is 0 Å². The molecule has 3 N–H and O–H groups in total. The van der Waals surface area contributed by atoms with Crippen LogP contribution in [0.2, 0.25) is 0 Å². The number of rotatable bonds is 4. The maximum atomic E-state index is 10.5. The standard InChI is InChI=1S/C18H20O7/c1-22-15-5-9-4-10(8-25-14(9)7-12(15)19)11-6-13(20)17(23-2)18(24-3)16(11)21/h5-7,10,19-21H,4,8H2,1-3H3. The zero-order chi connectivity index (χ0) is 18.1. The Kier molecular flexibility index (Phi) is 4.39. The summed E-state index contributed by atoms with van der Waals surface area (Å²) in [6, 6.07) is 4.66. The first-order chi connectivity index (χ1) is 12.0. The van der Waals surface area contributed by atoms with Crippen LogP contribution in [0.3, 0.4) is 0 Å². The van der Waals surface area contributed by atoms with E-state index in [1.807, 2.05) is 0 Å². The Hall–Kier alpha value is -2.96. The van der Waals surface area contributed by atoms with Gasteiger partial charge in [-0.25, -0.2) is 0 Å². The van der Waals surface area contributed by atoms with Crippen LogP contribution in [0.15, 0.2) is 18.2 Å². The summed E-state index contributed by atoms with van der Waals surface area (Å²) in [5.41, 5.74) is 1.33. The van der Waals surface area contributed by atoms with Crippen molar-refractivity contribution < 1.29 is 34.3 Å². The van der Waals surface area contributed by atoms with E-state index in [0.29, 0.717) is 23.5 Å². The lowest BCUT2D eigenvalue weighted by atomic mass is 9.89. The molecule has 0 radical (unpaired) electrons. The summed E-state index contributed by atoms with van der Waals surface area (Å²) in [7, 11) is 4.25. The Morgan fingerprint density at radius 1 is 0.920 bits per heavy atom. The van der Waals surface area contributed by atoms with Crippen LogP contribution in [0.25, 0.3) is 0 Å². The average molecular weight is 348 g/mol. The molecule has 25 heavy (non-hydrogen) atoms. The van der Waals surface area contributed by atoms with Crippen molar-refractivity contribution in [1.82, 2.24) is 0 Å². The van der Waals surface area contributed by atoms with Gasteiger partial charge in [0.25, 0.3) is 0 Å². The Labute approximate surface area is 145 Å². The summed E-state index contributed by atoms with van der Waals surface area (Å²) in [5, 5.41) is 30.5. The summed E-state index contributed by atoms with van der Waals surface area (Å²) in [4.78, 5) is 0. The summed E-state index contributed by atoms with van der Waals surface area (Å²) >= 11 is 0. The summed E-state index contributed by atoms with van der Waals surface area (Å²) < 4.78 is 21.1. The van der Waals surface area contributed by atoms with E-state index in [9.17, 15) is 15.3 Å². The Morgan fingerprint density at radius 3 is 2.28 bits per heavy atom. The number of fused-ring (bicyclic) bond motifs is 1. The minimum Gasteiger partial charge on any atom is -0.504 e. The van der Waals surface area contributed by atoms with Crippen LogP contribution in [-0.2, 0) is 6.42 Å². The van der Waals surface area contributed by atoms with Crippen molar-refractivity contribution in [2.75, 3.05) is 27.9 Å². The third-order valence-electron chi connectivity index (χ3n) is 4.34. The summed E-state index contributed by atoms with van der Waals surface area (Å²) in [5.74, 6) is 0.639. The zero-order valence-electron chi connectivity index (χ0n) is 14.2. The van der Waals surface area contributed by atoms with Crippen molar-refractivity contribution in [1.29, 1.82) is 0 Å². The van der Waals surface area contributed by atoms with Crippen LogP contribution >= 0.6 is 0 Å². The van der Waals surface area contributed by atoms with Crippen molar-refractivity contribution in [3.05, 3.63) is 29.3 Å². The molecule has 0 amide bonds.